The zero-order valence-electron chi connectivity index (χ0n) is 23.1. The average molecular weight is 519 g/mol. The van der Waals surface area contributed by atoms with Gasteiger partial charge in [-0.15, -0.1) is 0 Å². The number of ether oxygens (including phenoxy) is 1. The number of carbonyl (C=O) groups is 2. The van der Waals surface area contributed by atoms with Crippen LogP contribution in [0.2, 0.25) is 0 Å². The number of aromatic hydroxyl groups is 1. The topological polar surface area (TPSA) is 70.1 Å². The van der Waals surface area contributed by atoms with Gasteiger partial charge in [-0.1, -0.05) is 44.2 Å². The Balaban J connectivity index is 1.55. The van der Waals surface area contributed by atoms with Gasteiger partial charge in [-0.2, -0.15) is 0 Å². The lowest BCUT2D eigenvalue weighted by Gasteiger charge is -2.60. The first-order valence-electron chi connectivity index (χ1n) is 14.3. The molecule has 1 aliphatic heterocycles. The molecule has 38 heavy (non-hydrogen) atoms. The minimum Gasteiger partial charge on any atom is -0.508 e. The lowest BCUT2D eigenvalue weighted by Crippen LogP contribution is -2.69. The molecule has 3 aliphatic rings. The summed E-state index contributed by atoms with van der Waals surface area (Å²) in [6.07, 6.45) is 5.54. The van der Waals surface area contributed by atoms with E-state index in [0.717, 1.165) is 37.4 Å². The molecule has 0 aromatic heterocycles. The van der Waals surface area contributed by atoms with Gasteiger partial charge in [0, 0.05) is 43.6 Å². The molecule has 1 N–H and O–H groups in total. The summed E-state index contributed by atoms with van der Waals surface area (Å²) in [7, 11) is 0. The van der Waals surface area contributed by atoms with Crippen LogP contribution in [0.3, 0.4) is 0 Å². The molecule has 1 amide bonds. The van der Waals surface area contributed by atoms with Crippen molar-refractivity contribution in [3.05, 3.63) is 65.7 Å². The third-order valence-electron chi connectivity index (χ3n) is 8.91. The van der Waals surface area contributed by atoms with Gasteiger partial charge in [0.15, 0.2) is 0 Å². The lowest BCUT2D eigenvalue weighted by atomic mass is 9.54. The van der Waals surface area contributed by atoms with Gasteiger partial charge in [-0.25, -0.2) is 0 Å². The largest absolute Gasteiger partial charge is 0.508 e. The molecule has 1 heterocycles. The molecule has 0 spiro atoms. The maximum atomic E-state index is 13.9. The van der Waals surface area contributed by atoms with E-state index >= 15 is 0 Å². The van der Waals surface area contributed by atoms with Crippen molar-refractivity contribution in [1.82, 2.24) is 9.80 Å². The van der Waals surface area contributed by atoms with Crippen LogP contribution in [-0.4, -0.2) is 64.6 Å². The number of amides is 1. The molecule has 2 aromatic carbocycles. The third-order valence-corrected chi connectivity index (χ3v) is 8.91. The highest BCUT2D eigenvalue weighted by atomic mass is 16.6. The summed E-state index contributed by atoms with van der Waals surface area (Å²) in [4.78, 5) is 31.1. The second kappa shape index (κ2) is 10.7. The molecule has 0 bridgehead atoms. The van der Waals surface area contributed by atoms with Gasteiger partial charge in [-0.05, 0) is 86.7 Å². The van der Waals surface area contributed by atoms with E-state index in [1.165, 1.54) is 19.8 Å². The normalized spacial score (nSPS) is 27.5. The minimum absolute atomic E-state index is 0.00567. The SMILES string of the molecule is CC(=O)OC12CC[C@@H](N(CC(C)C)C(=O)c3ccccc3)CC1(c1cccc(O)c1)CCN(CC1CC1)C2. The monoisotopic (exact) mass is 518 g/mol. The highest BCUT2D eigenvalue weighted by molar-refractivity contribution is 5.94. The Kier molecular flexibility index (Phi) is 7.54. The number of phenolic OH excluding ortho intramolecular Hbond substituents is 1. The van der Waals surface area contributed by atoms with Gasteiger partial charge >= 0.3 is 5.97 Å². The van der Waals surface area contributed by atoms with Crippen LogP contribution in [0.15, 0.2) is 54.6 Å². The summed E-state index contributed by atoms with van der Waals surface area (Å²) >= 11 is 0. The van der Waals surface area contributed by atoms with Crippen LogP contribution in [0.1, 0.15) is 75.2 Å². The molecule has 6 nitrogen and oxygen atoms in total. The number of esters is 1. The van der Waals surface area contributed by atoms with Crippen LogP contribution in [-0.2, 0) is 14.9 Å². The first-order chi connectivity index (χ1) is 18.2. The van der Waals surface area contributed by atoms with Crippen molar-refractivity contribution < 1.29 is 19.4 Å². The highest BCUT2D eigenvalue weighted by Crippen LogP contribution is 2.55. The molecular formula is C32H42N2O4. The fourth-order valence-corrected chi connectivity index (χ4v) is 7.09. The maximum absolute atomic E-state index is 13.9. The Labute approximate surface area is 227 Å². The van der Waals surface area contributed by atoms with Crippen molar-refractivity contribution in [3.63, 3.8) is 0 Å². The molecule has 6 heteroatoms. The molecule has 2 aromatic rings. The standard InChI is InChI=1S/C32H42N2O4/c1-23(2)20-34(30(37)26-8-5-4-6-9-26)28-14-15-32(38-24(3)35)22-33(21-25-12-13-25)17-16-31(32,19-28)27-10-7-11-29(36)18-27/h4-11,18,23,25,28,36H,12-17,19-22H2,1-3H3/t28-,31?,32?/m1/s1. The van der Waals surface area contributed by atoms with E-state index < -0.39 is 11.0 Å². The molecule has 2 unspecified atom stereocenters. The fraction of sp³-hybridized carbons (Fsp3) is 0.562. The lowest BCUT2D eigenvalue weighted by molar-refractivity contribution is -0.189. The van der Waals surface area contributed by atoms with Crippen LogP contribution in [0.4, 0.5) is 0 Å². The van der Waals surface area contributed by atoms with Crippen molar-refractivity contribution in [1.29, 1.82) is 0 Å². The minimum atomic E-state index is -0.699. The molecule has 3 atom stereocenters. The Morgan fingerprint density at radius 2 is 1.84 bits per heavy atom. The van der Waals surface area contributed by atoms with Crippen molar-refractivity contribution in [2.75, 3.05) is 26.2 Å². The van der Waals surface area contributed by atoms with E-state index in [0.29, 0.717) is 37.4 Å². The predicted molar refractivity (Wildman–Crippen MR) is 148 cm³/mol. The number of nitrogens with zero attached hydrogens (tertiary/aromatic N) is 2. The average Bonchev–Trinajstić information content (AvgIpc) is 3.70. The molecule has 3 fully saturated rings. The number of phenols is 1. The third kappa shape index (κ3) is 5.33. The summed E-state index contributed by atoms with van der Waals surface area (Å²) < 4.78 is 6.40. The van der Waals surface area contributed by atoms with Gasteiger partial charge in [-0.3, -0.25) is 14.5 Å². The first kappa shape index (κ1) is 26.7. The molecule has 1 saturated heterocycles. The van der Waals surface area contributed by atoms with Crippen LogP contribution in [0.5, 0.6) is 5.75 Å². The van der Waals surface area contributed by atoms with E-state index in [4.69, 9.17) is 4.74 Å². The predicted octanol–water partition coefficient (Wildman–Crippen LogP) is 5.40. The molecule has 204 valence electrons. The number of rotatable bonds is 8. The first-order valence-corrected chi connectivity index (χ1v) is 14.3. The van der Waals surface area contributed by atoms with Crippen molar-refractivity contribution in [3.8, 4) is 5.75 Å². The number of hydrogen-bond acceptors (Lipinski definition) is 5. The molecular weight excluding hydrogens is 476 g/mol. The van der Waals surface area contributed by atoms with E-state index in [1.54, 1.807) is 6.07 Å². The Bertz CT molecular complexity index is 1150. The second-order valence-corrected chi connectivity index (χ2v) is 12.3. The number of fused-ring (bicyclic) bond motifs is 1. The summed E-state index contributed by atoms with van der Waals surface area (Å²) in [6.45, 7) is 9.15. The van der Waals surface area contributed by atoms with E-state index in [-0.39, 0.29) is 23.7 Å². The molecule has 2 saturated carbocycles. The van der Waals surface area contributed by atoms with Gasteiger partial charge in [0.05, 0.1) is 0 Å². The summed E-state index contributed by atoms with van der Waals surface area (Å²) in [5.41, 5.74) is 0.518. The van der Waals surface area contributed by atoms with Crippen LogP contribution in [0.25, 0.3) is 0 Å². The summed E-state index contributed by atoms with van der Waals surface area (Å²) in [5.74, 6) is 1.08. The second-order valence-electron chi connectivity index (χ2n) is 12.3. The molecule has 2 aliphatic carbocycles. The van der Waals surface area contributed by atoms with Crippen LogP contribution in [0, 0.1) is 11.8 Å². The Hall–Kier alpha value is -2.86. The number of carbonyl (C=O) groups excluding carboxylic acids is 2. The van der Waals surface area contributed by atoms with E-state index in [9.17, 15) is 14.7 Å². The Morgan fingerprint density at radius 3 is 2.50 bits per heavy atom. The van der Waals surface area contributed by atoms with E-state index in [1.807, 2.05) is 42.5 Å². The van der Waals surface area contributed by atoms with Gasteiger partial charge in [0.25, 0.3) is 5.91 Å². The zero-order valence-corrected chi connectivity index (χ0v) is 23.1. The summed E-state index contributed by atoms with van der Waals surface area (Å²) in [6, 6.07) is 17.1. The number of benzene rings is 2. The van der Waals surface area contributed by atoms with Crippen molar-refractivity contribution >= 4 is 11.9 Å². The number of piperidine rings is 1. The zero-order chi connectivity index (χ0) is 26.9. The van der Waals surface area contributed by atoms with Crippen LogP contribution < -0.4 is 0 Å². The van der Waals surface area contributed by atoms with E-state index in [2.05, 4.69) is 29.7 Å². The van der Waals surface area contributed by atoms with Gasteiger partial charge in [0.1, 0.15) is 11.4 Å². The molecule has 5 rings (SSSR count). The number of likely N-dealkylation sites (tertiary alicyclic amines) is 1. The van der Waals surface area contributed by atoms with Crippen LogP contribution >= 0.6 is 0 Å². The Morgan fingerprint density at radius 1 is 1.08 bits per heavy atom. The number of hydrogen-bond donors (Lipinski definition) is 1. The van der Waals surface area contributed by atoms with Crippen molar-refractivity contribution in [2.24, 2.45) is 11.8 Å². The van der Waals surface area contributed by atoms with Crippen molar-refractivity contribution in [2.45, 2.75) is 76.4 Å². The van der Waals surface area contributed by atoms with Gasteiger partial charge in [0.2, 0.25) is 0 Å². The quantitative estimate of drug-likeness (QED) is 0.474. The molecule has 0 radical (unpaired) electrons. The van der Waals surface area contributed by atoms with Gasteiger partial charge < -0.3 is 14.7 Å². The smallest absolute Gasteiger partial charge is 0.303 e. The fourth-order valence-electron chi connectivity index (χ4n) is 7.09. The maximum Gasteiger partial charge on any atom is 0.303 e. The highest BCUT2D eigenvalue weighted by Gasteiger charge is 2.61. The summed E-state index contributed by atoms with van der Waals surface area (Å²) in [5, 5.41) is 10.5.